The smallest absolute Gasteiger partial charge is 0.314 e. The highest BCUT2D eigenvalue weighted by Gasteiger charge is 2.69. The van der Waals surface area contributed by atoms with Crippen molar-refractivity contribution in [2.45, 2.75) is 262 Å². The minimum atomic E-state index is -2.08. The van der Waals surface area contributed by atoms with E-state index in [-0.39, 0.29) is 18.8 Å². The number of fused-ring (bicyclic) bond motifs is 3. The van der Waals surface area contributed by atoms with Crippen LogP contribution in [0, 0.1) is 28.1 Å². The number of allylic oxidation sites excluding steroid dienone is 1. The molecule has 4 aliphatic carbocycles. The predicted octanol–water partition coefficient (Wildman–Crippen LogP) is -9.47. The van der Waals surface area contributed by atoms with Crippen LogP contribution in [0.5, 0.6) is 0 Å². The van der Waals surface area contributed by atoms with Gasteiger partial charge in [-0.1, -0.05) is 19.4 Å². The molecule has 6 aliphatic heterocycles. The third kappa shape index (κ3) is 12.3. The molecule has 0 aromatic rings. The number of esters is 1. The van der Waals surface area contributed by atoms with Gasteiger partial charge >= 0.3 is 5.97 Å². The van der Waals surface area contributed by atoms with Crippen LogP contribution in [0.25, 0.3) is 0 Å². The summed E-state index contributed by atoms with van der Waals surface area (Å²) in [5.41, 5.74) is -3.12. The number of carbonyl (C=O) groups excluding carboxylic acids is 1. The first kappa shape index (κ1) is 69.8. The van der Waals surface area contributed by atoms with Crippen LogP contribution in [-0.2, 0) is 61.6 Å². The van der Waals surface area contributed by atoms with Crippen molar-refractivity contribution in [3.8, 4) is 0 Å². The zero-order valence-electron chi connectivity index (χ0n) is 49.2. The largest absolute Gasteiger partial charge is 0.432 e. The molecule has 3 saturated carbocycles. The molecule has 9 fully saturated rings. The van der Waals surface area contributed by atoms with Crippen molar-refractivity contribution >= 4 is 5.97 Å². The van der Waals surface area contributed by atoms with Crippen molar-refractivity contribution in [1.82, 2.24) is 0 Å². The van der Waals surface area contributed by atoms with Gasteiger partial charge in [0.15, 0.2) is 37.6 Å². The molecular formula is C56H90O33. The fourth-order valence-corrected chi connectivity index (χ4v) is 16.3. The van der Waals surface area contributed by atoms with E-state index in [1.165, 1.54) is 0 Å². The average Bonchev–Trinajstić information content (AvgIpc) is 1.62. The topological polar surface area (TPSA) is 532 Å². The molecule has 512 valence electrons. The van der Waals surface area contributed by atoms with Gasteiger partial charge in [-0.2, -0.15) is 0 Å². The zero-order valence-corrected chi connectivity index (χ0v) is 49.2. The number of hydrogen-bond acceptors (Lipinski definition) is 33. The summed E-state index contributed by atoms with van der Waals surface area (Å²) in [7, 11) is 0. The van der Waals surface area contributed by atoms with Crippen LogP contribution in [0.2, 0.25) is 0 Å². The molecule has 6 saturated heterocycles. The second-order valence-corrected chi connectivity index (χ2v) is 26.3. The van der Waals surface area contributed by atoms with E-state index in [2.05, 4.69) is 13.0 Å². The molecule has 33 heteroatoms. The number of hydrogen-bond donors (Lipinski definition) is 20. The lowest BCUT2D eigenvalue weighted by Crippen LogP contribution is -2.68. The quantitative estimate of drug-likeness (QED) is 0.0344. The van der Waals surface area contributed by atoms with E-state index in [1.807, 2.05) is 6.92 Å². The van der Waals surface area contributed by atoms with Crippen LogP contribution in [0.4, 0.5) is 0 Å². The fourth-order valence-electron chi connectivity index (χ4n) is 16.3. The van der Waals surface area contributed by atoms with Gasteiger partial charge in [-0.05, 0) is 87.0 Å². The van der Waals surface area contributed by atoms with Gasteiger partial charge in [0.2, 0.25) is 6.29 Å². The van der Waals surface area contributed by atoms with Crippen LogP contribution >= 0.6 is 0 Å². The van der Waals surface area contributed by atoms with Crippen molar-refractivity contribution < 1.29 is 164 Å². The third-order valence-corrected chi connectivity index (χ3v) is 21.2. The maximum absolute atomic E-state index is 15.4. The predicted molar refractivity (Wildman–Crippen MR) is 284 cm³/mol. The molecular weight excluding hydrogens is 1200 g/mol. The average molecular weight is 1290 g/mol. The highest BCUT2D eigenvalue weighted by molar-refractivity contribution is 5.77. The molecule has 20 N–H and O–H groups in total. The molecule has 0 aromatic heterocycles. The molecule has 10 rings (SSSR count). The van der Waals surface area contributed by atoms with E-state index in [4.69, 9.17) is 56.8 Å². The number of rotatable bonds is 18. The highest BCUT2D eigenvalue weighted by atomic mass is 16.8. The van der Waals surface area contributed by atoms with Crippen molar-refractivity contribution in [3.05, 3.63) is 11.6 Å². The summed E-state index contributed by atoms with van der Waals surface area (Å²) in [6.45, 7) is 0.383. The Morgan fingerprint density at radius 1 is 0.427 bits per heavy atom. The van der Waals surface area contributed by atoms with Gasteiger partial charge in [0, 0.05) is 0 Å². The Bertz CT molecular complexity index is 2410. The number of ether oxygens (including phenoxy) is 12. The molecule has 0 amide bonds. The SMILES string of the molecule is CC1=CC23CCC4C(C)(C(=O)OC5OC(CO)C(O)C(OC6OC(CO)C(O)C(O)C6O)C5OC5OC(CO)C(O)C(O)C5O)CCCC4(C)C2CCC1(OC1OC(CO)C(O)C(OC2OC(CO)C(O)C(O)C2O)C1OC1OC(CO)C(O)C(O)C1O)C3. The highest BCUT2D eigenvalue weighted by Crippen LogP contribution is 2.72. The van der Waals surface area contributed by atoms with E-state index in [0.717, 1.165) is 5.57 Å². The minimum Gasteiger partial charge on any atom is -0.432 e. The fraction of sp³-hybridized carbons (Fsp3) is 0.946. The maximum atomic E-state index is 15.4. The summed E-state index contributed by atoms with van der Waals surface area (Å²) in [5.74, 6) is -1.45. The molecule has 10 aliphatic rings. The molecule has 36 atom stereocenters. The summed E-state index contributed by atoms with van der Waals surface area (Å²) in [6.07, 6.45) is -50.0. The van der Waals surface area contributed by atoms with E-state index in [9.17, 15) is 102 Å². The van der Waals surface area contributed by atoms with Crippen LogP contribution in [0.3, 0.4) is 0 Å². The summed E-state index contributed by atoms with van der Waals surface area (Å²) in [6, 6.07) is 0. The summed E-state index contributed by atoms with van der Waals surface area (Å²) in [5, 5.41) is 215. The van der Waals surface area contributed by atoms with Gasteiger partial charge in [-0.15, -0.1) is 0 Å². The summed E-state index contributed by atoms with van der Waals surface area (Å²) < 4.78 is 73.0. The van der Waals surface area contributed by atoms with Gasteiger partial charge in [0.25, 0.3) is 0 Å². The van der Waals surface area contributed by atoms with Crippen molar-refractivity contribution in [2.75, 3.05) is 39.6 Å². The lowest BCUT2D eigenvalue weighted by atomic mass is 9.40. The Kier molecular flexibility index (Phi) is 21.4. The maximum Gasteiger partial charge on any atom is 0.314 e. The summed E-state index contributed by atoms with van der Waals surface area (Å²) in [4.78, 5) is 15.4. The normalized spacial score (nSPS) is 54.4. The first-order valence-corrected chi connectivity index (χ1v) is 30.4. The van der Waals surface area contributed by atoms with E-state index < -0.39 is 258 Å². The van der Waals surface area contributed by atoms with Gasteiger partial charge in [0.1, 0.15) is 140 Å². The number of carbonyl (C=O) groups is 1. The molecule has 0 aromatic carbocycles. The Labute approximate surface area is 509 Å². The first-order chi connectivity index (χ1) is 42.1. The first-order valence-electron chi connectivity index (χ1n) is 30.4. The second-order valence-electron chi connectivity index (χ2n) is 26.3. The van der Waals surface area contributed by atoms with E-state index >= 15 is 4.79 Å². The Balaban J connectivity index is 0.922. The number of aliphatic hydroxyl groups excluding tert-OH is 20. The van der Waals surface area contributed by atoms with Crippen LogP contribution in [-0.4, -0.2) is 338 Å². The van der Waals surface area contributed by atoms with Gasteiger partial charge in [0.05, 0.1) is 50.7 Å². The second kappa shape index (κ2) is 27.2. The molecule has 2 bridgehead atoms. The number of aliphatic hydroxyl groups is 20. The molecule has 6 heterocycles. The Morgan fingerprint density at radius 2 is 0.775 bits per heavy atom. The van der Waals surface area contributed by atoms with E-state index in [1.54, 1.807) is 6.92 Å². The minimum absolute atomic E-state index is 0.170. The lowest BCUT2D eigenvalue weighted by molar-refractivity contribution is -0.400. The lowest BCUT2D eigenvalue weighted by Gasteiger charge is -2.64. The monoisotopic (exact) mass is 1290 g/mol. The van der Waals surface area contributed by atoms with Crippen LogP contribution in [0.1, 0.15) is 72.1 Å². The Hall–Kier alpha value is -2.03. The Morgan fingerprint density at radius 3 is 1.18 bits per heavy atom. The molecule has 1 spiro atoms. The zero-order chi connectivity index (χ0) is 64.7. The van der Waals surface area contributed by atoms with Gasteiger partial charge in [-0.25, -0.2) is 0 Å². The third-order valence-electron chi connectivity index (χ3n) is 21.2. The summed E-state index contributed by atoms with van der Waals surface area (Å²) >= 11 is 0. The van der Waals surface area contributed by atoms with Crippen LogP contribution < -0.4 is 0 Å². The molecule has 89 heavy (non-hydrogen) atoms. The van der Waals surface area contributed by atoms with Gasteiger partial charge in [-0.3, -0.25) is 4.79 Å². The van der Waals surface area contributed by atoms with Crippen molar-refractivity contribution in [1.29, 1.82) is 0 Å². The van der Waals surface area contributed by atoms with Crippen molar-refractivity contribution in [3.63, 3.8) is 0 Å². The van der Waals surface area contributed by atoms with E-state index in [0.29, 0.717) is 38.5 Å². The van der Waals surface area contributed by atoms with Gasteiger partial charge < -0.3 is 159 Å². The molecule has 33 nitrogen and oxygen atoms in total. The molecule has 36 unspecified atom stereocenters. The molecule has 0 radical (unpaired) electrons. The van der Waals surface area contributed by atoms with Crippen LogP contribution in [0.15, 0.2) is 11.6 Å². The standard InChI is InChI=1S/C56H90O33/c1-19-11-55-9-5-26-53(2,7-4-8-54(26,3)52(77)88-50-44(86-48-40(75)36(71)30(65)22(14-59)80-48)42(32(67)24(16-61)82-50)84-46-38(73)34(69)28(63)20(12-57)78-46)27(55)6-10-56(19,18-55)89-51-45(87-49-41(76)37(72)31(66)23(15-60)81-49)43(33(68)25(17-62)83-51)85-47-39(74)35(70)29(64)21(13-58)79-47/h11,20-51,57-76H,4-10,12-18H2,1-3H3. The van der Waals surface area contributed by atoms with Crippen molar-refractivity contribution in [2.24, 2.45) is 28.1 Å².